The minimum Gasteiger partial charge on any atom is -0.450 e. The van der Waals surface area contributed by atoms with Gasteiger partial charge in [-0.3, -0.25) is 4.79 Å². The summed E-state index contributed by atoms with van der Waals surface area (Å²) in [6, 6.07) is 9.12. The van der Waals surface area contributed by atoms with Crippen molar-refractivity contribution in [2.75, 3.05) is 6.61 Å². The fourth-order valence-corrected chi connectivity index (χ4v) is 1.96. The molecule has 19 heavy (non-hydrogen) atoms. The number of nitrogens with one attached hydrogen (secondary N) is 1. The van der Waals surface area contributed by atoms with E-state index >= 15 is 0 Å². The summed E-state index contributed by atoms with van der Waals surface area (Å²) >= 11 is 0. The Labute approximate surface area is 114 Å². The summed E-state index contributed by atoms with van der Waals surface area (Å²) in [5.41, 5.74) is 0.907. The van der Waals surface area contributed by atoms with Crippen molar-refractivity contribution in [1.82, 2.24) is 5.32 Å². The Morgan fingerprint density at radius 2 is 1.84 bits per heavy atom. The van der Waals surface area contributed by atoms with Crippen LogP contribution in [0.2, 0.25) is 0 Å². The first-order valence-electron chi connectivity index (χ1n) is 6.61. The van der Waals surface area contributed by atoms with Crippen LogP contribution in [0.15, 0.2) is 30.3 Å². The number of ketones is 1. The zero-order chi connectivity index (χ0) is 14.3. The molecule has 0 aliphatic rings. The summed E-state index contributed by atoms with van der Waals surface area (Å²) in [5.74, 6) is -0.164. The van der Waals surface area contributed by atoms with Gasteiger partial charge in [-0.1, -0.05) is 44.2 Å². The zero-order valence-corrected chi connectivity index (χ0v) is 11.7. The van der Waals surface area contributed by atoms with Gasteiger partial charge in [0.25, 0.3) is 0 Å². The predicted molar refractivity (Wildman–Crippen MR) is 73.8 cm³/mol. The molecule has 0 bridgehead atoms. The summed E-state index contributed by atoms with van der Waals surface area (Å²) < 4.78 is 4.90. The molecule has 0 aliphatic carbocycles. The van der Waals surface area contributed by atoms with Crippen LogP contribution in [0.4, 0.5) is 4.79 Å². The van der Waals surface area contributed by atoms with E-state index in [4.69, 9.17) is 4.74 Å². The lowest BCUT2D eigenvalue weighted by Gasteiger charge is -2.24. The molecule has 1 aromatic carbocycles. The maximum atomic E-state index is 11.9. The van der Waals surface area contributed by atoms with Crippen molar-refractivity contribution in [3.05, 3.63) is 35.9 Å². The van der Waals surface area contributed by atoms with Crippen molar-refractivity contribution >= 4 is 11.9 Å². The predicted octanol–water partition coefficient (Wildman–Crippen LogP) is 3.09. The van der Waals surface area contributed by atoms with Crippen LogP contribution >= 0.6 is 0 Å². The first-order chi connectivity index (χ1) is 9.10. The highest BCUT2D eigenvalue weighted by Gasteiger charge is 2.26. The maximum absolute atomic E-state index is 11.9. The highest BCUT2D eigenvalue weighted by atomic mass is 16.5. The smallest absolute Gasteiger partial charge is 0.407 e. The van der Waals surface area contributed by atoms with Gasteiger partial charge in [-0.2, -0.15) is 0 Å². The van der Waals surface area contributed by atoms with Gasteiger partial charge in [-0.15, -0.1) is 0 Å². The molecule has 1 aromatic rings. The number of carbonyl (C=O) groups is 2. The second-order valence-electron chi connectivity index (χ2n) is 4.36. The largest absolute Gasteiger partial charge is 0.450 e. The van der Waals surface area contributed by atoms with Gasteiger partial charge in [0.1, 0.15) is 5.78 Å². The number of ether oxygens (including phenoxy) is 1. The Morgan fingerprint density at radius 3 is 2.37 bits per heavy atom. The molecular weight excluding hydrogens is 242 g/mol. The van der Waals surface area contributed by atoms with Crippen molar-refractivity contribution in [2.45, 2.75) is 33.2 Å². The first-order valence-corrected chi connectivity index (χ1v) is 6.61. The topological polar surface area (TPSA) is 55.4 Å². The lowest BCUT2D eigenvalue weighted by molar-refractivity contribution is -0.122. The number of alkyl carbamates (subject to hydrolysis) is 1. The van der Waals surface area contributed by atoms with Crippen LogP contribution in [0.5, 0.6) is 0 Å². The summed E-state index contributed by atoms with van der Waals surface area (Å²) in [6.45, 7) is 5.71. The Bertz CT molecular complexity index is 417. The van der Waals surface area contributed by atoms with E-state index in [1.54, 1.807) is 6.92 Å². The van der Waals surface area contributed by atoms with Crippen LogP contribution in [-0.2, 0) is 9.53 Å². The van der Waals surface area contributed by atoms with Gasteiger partial charge in [-0.25, -0.2) is 4.79 Å². The number of rotatable bonds is 6. The average molecular weight is 263 g/mol. The molecule has 0 heterocycles. The Morgan fingerprint density at radius 1 is 1.21 bits per heavy atom. The summed E-state index contributed by atoms with van der Waals surface area (Å²) in [6.07, 6.45) is -0.0400. The number of benzene rings is 1. The second kappa shape index (κ2) is 7.56. The maximum Gasteiger partial charge on any atom is 0.407 e. The molecule has 0 saturated carbocycles. The van der Waals surface area contributed by atoms with E-state index in [0.717, 1.165) is 5.56 Å². The molecule has 0 saturated heterocycles. The normalized spacial score (nSPS) is 13.4. The van der Waals surface area contributed by atoms with Crippen molar-refractivity contribution < 1.29 is 14.3 Å². The van der Waals surface area contributed by atoms with Crippen LogP contribution in [-0.4, -0.2) is 18.5 Å². The van der Waals surface area contributed by atoms with Crippen LogP contribution in [0, 0.1) is 5.92 Å². The van der Waals surface area contributed by atoms with Crippen molar-refractivity contribution in [3.63, 3.8) is 0 Å². The van der Waals surface area contributed by atoms with E-state index in [1.807, 2.05) is 44.2 Å². The van der Waals surface area contributed by atoms with E-state index in [2.05, 4.69) is 5.32 Å². The molecule has 1 amide bonds. The third-order valence-corrected chi connectivity index (χ3v) is 3.06. The lowest BCUT2D eigenvalue weighted by Crippen LogP contribution is -2.35. The molecule has 0 fully saturated rings. The van der Waals surface area contributed by atoms with Gasteiger partial charge >= 0.3 is 6.09 Å². The Hall–Kier alpha value is -1.84. The molecule has 0 radical (unpaired) electrons. The average Bonchev–Trinajstić information content (AvgIpc) is 2.44. The Kier molecular flexibility index (Phi) is 6.06. The van der Waals surface area contributed by atoms with Gasteiger partial charge in [0.2, 0.25) is 0 Å². The number of amides is 1. The highest BCUT2D eigenvalue weighted by Crippen LogP contribution is 2.23. The zero-order valence-electron chi connectivity index (χ0n) is 11.7. The van der Waals surface area contributed by atoms with Crippen molar-refractivity contribution in [2.24, 2.45) is 5.92 Å². The molecule has 2 atom stereocenters. The van der Waals surface area contributed by atoms with Crippen molar-refractivity contribution in [3.8, 4) is 0 Å². The lowest BCUT2D eigenvalue weighted by atomic mass is 9.90. The number of hydrogen-bond donors (Lipinski definition) is 1. The van der Waals surface area contributed by atoms with Gasteiger partial charge in [0.05, 0.1) is 12.6 Å². The van der Waals surface area contributed by atoms with E-state index in [1.165, 1.54) is 0 Å². The van der Waals surface area contributed by atoms with Gasteiger partial charge in [0, 0.05) is 12.3 Å². The monoisotopic (exact) mass is 263 g/mol. The van der Waals surface area contributed by atoms with Crippen LogP contribution in [0.3, 0.4) is 0 Å². The molecule has 1 N–H and O–H groups in total. The summed E-state index contributed by atoms with van der Waals surface area (Å²) in [5, 5.41) is 2.77. The first kappa shape index (κ1) is 15.2. The summed E-state index contributed by atoms with van der Waals surface area (Å²) in [7, 11) is 0. The molecule has 0 aromatic heterocycles. The fourth-order valence-electron chi connectivity index (χ4n) is 1.96. The molecule has 1 rings (SSSR count). The molecule has 4 heteroatoms. The van der Waals surface area contributed by atoms with Gasteiger partial charge in [0.15, 0.2) is 0 Å². The third-order valence-electron chi connectivity index (χ3n) is 3.06. The van der Waals surface area contributed by atoms with Crippen LogP contribution < -0.4 is 5.32 Å². The number of hydrogen-bond acceptors (Lipinski definition) is 3. The quantitative estimate of drug-likeness (QED) is 0.858. The van der Waals surface area contributed by atoms with Crippen LogP contribution in [0.25, 0.3) is 0 Å². The molecule has 0 unspecified atom stereocenters. The van der Waals surface area contributed by atoms with E-state index in [9.17, 15) is 9.59 Å². The minimum atomic E-state index is -0.493. The summed E-state index contributed by atoms with van der Waals surface area (Å²) in [4.78, 5) is 23.5. The van der Waals surface area contributed by atoms with E-state index < -0.39 is 6.09 Å². The van der Waals surface area contributed by atoms with Gasteiger partial charge in [-0.05, 0) is 12.5 Å². The minimum absolute atomic E-state index is 0.116. The number of Topliss-reactive ketones (excluding diaryl/α,β-unsaturated/α-hetero) is 1. The third kappa shape index (κ3) is 4.39. The van der Waals surface area contributed by atoms with Crippen molar-refractivity contribution in [1.29, 1.82) is 0 Å². The molecule has 4 nitrogen and oxygen atoms in total. The standard InChI is InChI=1S/C15H21NO3/c1-4-13(17)11(3)14(16-15(18)19-5-2)12-9-7-6-8-10-12/h6-11,14H,4-5H2,1-3H3,(H,16,18)/t11-,14-/m0/s1. The molecule has 104 valence electrons. The number of carbonyl (C=O) groups excluding carboxylic acids is 2. The molecule has 0 spiro atoms. The van der Waals surface area contributed by atoms with Gasteiger partial charge < -0.3 is 10.1 Å². The highest BCUT2D eigenvalue weighted by molar-refractivity contribution is 5.82. The SMILES string of the molecule is CCOC(=O)N[C@H](c1ccccc1)[C@@H](C)C(=O)CC. The molecule has 0 aliphatic heterocycles. The molecular formula is C15H21NO3. The van der Waals surface area contributed by atoms with Crippen LogP contribution in [0.1, 0.15) is 38.8 Å². The fraction of sp³-hybridized carbons (Fsp3) is 0.467. The second-order valence-corrected chi connectivity index (χ2v) is 4.36. The van der Waals surface area contributed by atoms with E-state index in [-0.39, 0.29) is 17.7 Å². The Balaban J connectivity index is 2.91. The van der Waals surface area contributed by atoms with E-state index in [0.29, 0.717) is 13.0 Å².